The molecule has 240 valence electrons. The van der Waals surface area contributed by atoms with E-state index in [1.807, 2.05) is 98.5 Å². The van der Waals surface area contributed by atoms with Crippen molar-refractivity contribution in [3.63, 3.8) is 0 Å². The van der Waals surface area contributed by atoms with Gasteiger partial charge in [-0.1, -0.05) is 81.8 Å². The molecule has 7 nitrogen and oxygen atoms in total. The first-order chi connectivity index (χ1) is 21.8. The van der Waals surface area contributed by atoms with Gasteiger partial charge in [0.15, 0.2) is 0 Å². The second-order valence-electron chi connectivity index (χ2n) is 13.7. The summed E-state index contributed by atoms with van der Waals surface area (Å²) in [6.45, 7) is 11.0. The Morgan fingerprint density at radius 1 is 0.889 bits per heavy atom. The molecule has 1 N–H and O–H groups in total. The van der Waals surface area contributed by atoms with E-state index in [1.165, 1.54) is 12.8 Å². The molecule has 0 bridgehead atoms. The van der Waals surface area contributed by atoms with Crippen LogP contribution in [0.5, 0.6) is 5.75 Å². The maximum Gasteiger partial charge on any atom is 0.326 e. The minimum Gasteiger partial charge on any atom is -0.492 e. The van der Waals surface area contributed by atoms with Crippen molar-refractivity contribution in [1.82, 2.24) is 9.80 Å². The Morgan fingerprint density at radius 2 is 1.60 bits per heavy atom. The molecule has 1 aliphatic heterocycles. The van der Waals surface area contributed by atoms with E-state index in [0.717, 1.165) is 68.0 Å². The smallest absolute Gasteiger partial charge is 0.326 e. The first-order valence-corrected chi connectivity index (χ1v) is 16.7. The second-order valence-corrected chi connectivity index (χ2v) is 13.7. The second kappa shape index (κ2) is 15.4. The van der Waals surface area contributed by atoms with E-state index in [1.54, 1.807) is 0 Å². The van der Waals surface area contributed by atoms with Gasteiger partial charge in [0, 0.05) is 48.5 Å². The van der Waals surface area contributed by atoms with Crippen LogP contribution in [0.15, 0.2) is 84.9 Å². The van der Waals surface area contributed by atoms with Gasteiger partial charge in [0.2, 0.25) is 5.91 Å². The summed E-state index contributed by atoms with van der Waals surface area (Å²) in [5.41, 5.74) is 2.24. The van der Waals surface area contributed by atoms with Gasteiger partial charge in [-0.05, 0) is 80.9 Å². The average Bonchev–Trinajstić information content (AvgIpc) is 3.57. The molecule has 2 atom stereocenters. The number of carbonyl (C=O) groups excluding carboxylic acids is 2. The number of likely N-dealkylation sites (tertiary alicyclic amines) is 1. The maximum absolute atomic E-state index is 13.9. The van der Waals surface area contributed by atoms with Gasteiger partial charge in [-0.3, -0.25) is 14.6 Å². The number of nitrogens with zero attached hydrogens (tertiary/aromatic N) is 3. The maximum atomic E-state index is 13.9. The lowest BCUT2D eigenvalue weighted by Gasteiger charge is -2.41. The van der Waals surface area contributed by atoms with Gasteiger partial charge < -0.3 is 15.0 Å². The zero-order chi connectivity index (χ0) is 31.6. The van der Waals surface area contributed by atoms with Gasteiger partial charge in [0.25, 0.3) is 0 Å². The highest BCUT2D eigenvalue weighted by Crippen LogP contribution is 2.34. The molecule has 0 radical (unpaired) electrons. The fourth-order valence-electron chi connectivity index (χ4n) is 6.61. The van der Waals surface area contributed by atoms with Crippen LogP contribution in [0.2, 0.25) is 0 Å². The van der Waals surface area contributed by atoms with Gasteiger partial charge in [-0.2, -0.15) is 0 Å². The summed E-state index contributed by atoms with van der Waals surface area (Å²) >= 11 is 0. The van der Waals surface area contributed by atoms with Crippen molar-refractivity contribution in [2.24, 2.45) is 11.3 Å². The van der Waals surface area contributed by atoms with Gasteiger partial charge in [-0.25, -0.2) is 4.79 Å². The Bertz CT molecular complexity index is 1370. The standard InChI is InChI=1S/C38H50N4O3/c1-38(2,3)36(43)41(28-30-14-6-4-7-15-30)33-19-12-16-31(26-33)29-42(37(44)39-32-17-8-5-9-18-32)34-20-13-21-35(27-34)45-25-24-40-22-10-11-23-40/h4-9,13-15,17-18,20-21,27,31,33H,10-12,16,19,22-26,28-29H2,1-3H3,(H,39,44). The lowest BCUT2D eigenvalue weighted by molar-refractivity contribution is -0.143. The molecule has 1 saturated heterocycles. The zero-order valence-electron chi connectivity index (χ0n) is 27.3. The lowest BCUT2D eigenvalue weighted by Crippen LogP contribution is -2.48. The quantitative estimate of drug-likeness (QED) is 0.240. The molecule has 3 amide bonds. The van der Waals surface area contributed by atoms with Crippen LogP contribution in [-0.4, -0.2) is 60.6 Å². The van der Waals surface area contributed by atoms with Crippen LogP contribution in [0.1, 0.15) is 64.9 Å². The molecule has 2 fully saturated rings. The van der Waals surface area contributed by atoms with Gasteiger partial charge in [0.05, 0.1) is 0 Å². The molecule has 3 aromatic carbocycles. The van der Waals surface area contributed by atoms with Gasteiger partial charge >= 0.3 is 6.03 Å². The van der Waals surface area contributed by atoms with E-state index >= 15 is 0 Å². The molecular formula is C38H50N4O3. The van der Waals surface area contributed by atoms with Crippen molar-refractivity contribution in [2.45, 2.75) is 71.9 Å². The minimum atomic E-state index is -0.474. The van der Waals surface area contributed by atoms with E-state index < -0.39 is 5.41 Å². The number of nitrogens with one attached hydrogen (secondary N) is 1. The molecule has 0 spiro atoms. The van der Waals surface area contributed by atoms with E-state index in [9.17, 15) is 9.59 Å². The largest absolute Gasteiger partial charge is 0.492 e. The fourth-order valence-corrected chi connectivity index (χ4v) is 6.61. The molecule has 45 heavy (non-hydrogen) atoms. The fraction of sp³-hybridized carbons (Fsp3) is 0.474. The van der Waals surface area contributed by atoms with Crippen LogP contribution in [0.3, 0.4) is 0 Å². The molecule has 0 aromatic heterocycles. The minimum absolute atomic E-state index is 0.120. The van der Waals surface area contributed by atoms with E-state index in [-0.39, 0.29) is 23.9 Å². The van der Waals surface area contributed by atoms with Gasteiger partial charge in [-0.15, -0.1) is 0 Å². The predicted octanol–water partition coefficient (Wildman–Crippen LogP) is 7.83. The topological polar surface area (TPSA) is 65.1 Å². The Kier molecular flexibility index (Phi) is 11.2. The Balaban J connectivity index is 1.33. The Hall–Kier alpha value is -3.84. The first kappa shape index (κ1) is 32.6. The van der Waals surface area contributed by atoms with Crippen LogP contribution in [0.4, 0.5) is 16.2 Å². The number of hydrogen-bond donors (Lipinski definition) is 1. The summed E-state index contributed by atoms with van der Waals surface area (Å²) < 4.78 is 6.17. The molecular weight excluding hydrogens is 560 g/mol. The van der Waals surface area contributed by atoms with Crippen LogP contribution in [-0.2, 0) is 11.3 Å². The summed E-state index contributed by atoms with van der Waals surface area (Å²) in [7, 11) is 0. The van der Waals surface area contributed by atoms with Crippen molar-refractivity contribution in [1.29, 1.82) is 0 Å². The third-order valence-corrected chi connectivity index (χ3v) is 9.01. The van der Waals surface area contributed by atoms with E-state index in [4.69, 9.17) is 4.74 Å². The average molecular weight is 611 g/mol. The third kappa shape index (κ3) is 9.33. The van der Waals surface area contributed by atoms with E-state index in [0.29, 0.717) is 19.7 Å². The van der Waals surface area contributed by atoms with Crippen molar-refractivity contribution >= 4 is 23.3 Å². The van der Waals surface area contributed by atoms with Crippen molar-refractivity contribution in [2.75, 3.05) is 43.0 Å². The predicted molar refractivity (Wildman–Crippen MR) is 183 cm³/mol. The molecule has 1 heterocycles. The van der Waals surface area contributed by atoms with E-state index in [2.05, 4.69) is 27.2 Å². The summed E-state index contributed by atoms with van der Waals surface area (Å²) in [6.07, 6.45) is 6.39. The molecule has 3 aromatic rings. The number of anilines is 2. The van der Waals surface area contributed by atoms with Crippen LogP contribution < -0.4 is 15.0 Å². The lowest BCUT2D eigenvalue weighted by atomic mass is 9.83. The number of ether oxygens (including phenoxy) is 1. The van der Waals surface area contributed by atoms with Crippen LogP contribution in [0.25, 0.3) is 0 Å². The number of amides is 3. The number of para-hydroxylation sites is 1. The van der Waals surface area contributed by atoms with Crippen LogP contribution in [0, 0.1) is 11.3 Å². The van der Waals surface area contributed by atoms with Crippen molar-refractivity contribution in [3.8, 4) is 5.75 Å². The molecule has 7 heteroatoms. The summed E-state index contributed by atoms with van der Waals surface area (Å²) in [6, 6.07) is 27.8. The number of carbonyl (C=O) groups is 2. The Morgan fingerprint density at radius 3 is 2.31 bits per heavy atom. The molecule has 5 rings (SSSR count). The number of rotatable bonds is 11. The SMILES string of the molecule is CC(C)(C)C(=O)N(Cc1ccccc1)C1CCCC(CN(C(=O)Nc2ccccc2)c2cccc(OCCN3CCCC3)c2)C1. The highest BCUT2D eigenvalue weighted by atomic mass is 16.5. The monoisotopic (exact) mass is 610 g/mol. The van der Waals surface area contributed by atoms with Crippen molar-refractivity contribution < 1.29 is 14.3 Å². The van der Waals surface area contributed by atoms with Gasteiger partial charge in [0.1, 0.15) is 12.4 Å². The van der Waals surface area contributed by atoms with Crippen molar-refractivity contribution in [3.05, 3.63) is 90.5 Å². The molecule has 1 aliphatic carbocycles. The normalized spacial score (nSPS) is 18.7. The number of urea groups is 1. The Labute approximate surface area is 269 Å². The van der Waals surface area contributed by atoms with Crippen LogP contribution >= 0.6 is 0 Å². The zero-order valence-corrected chi connectivity index (χ0v) is 27.3. The molecule has 1 saturated carbocycles. The third-order valence-electron chi connectivity index (χ3n) is 9.01. The number of benzene rings is 3. The number of hydrogen-bond acceptors (Lipinski definition) is 4. The summed E-state index contributed by atoms with van der Waals surface area (Å²) in [5, 5.41) is 3.11. The first-order valence-electron chi connectivity index (χ1n) is 16.7. The molecule has 2 aliphatic rings. The summed E-state index contributed by atoms with van der Waals surface area (Å²) in [4.78, 5) is 34.1. The highest BCUT2D eigenvalue weighted by molar-refractivity contribution is 6.01. The highest BCUT2D eigenvalue weighted by Gasteiger charge is 2.36. The molecule has 2 unspecified atom stereocenters. The summed E-state index contributed by atoms with van der Waals surface area (Å²) in [5.74, 6) is 1.20.